The van der Waals surface area contributed by atoms with E-state index in [0.29, 0.717) is 37.6 Å². The number of morpholine rings is 1. The molecule has 0 aliphatic carbocycles. The molecule has 0 bridgehead atoms. The van der Waals surface area contributed by atoms with Crippen molar-refractivity contribution in [2.24, 2.45) is 0 Å². The fourth-order valence-corrected chi connectivity index (χ4v) is 4.19. The molecule has 1 atom stereocenters. The van der Waals surface area contributed by atoms with Gasteiger partial charge in [-0.2, -0.15) is 0 Å². The van der Waals surface area contributed by atoms with Crippen molar-refractivity contribution in [3.8, 4) is 0 Å². The van der Waals surface area contributed by atoms with Gasteiger partial charge in [0.05, 0.1) is 38.0 Å². The zero-order chi connectivity index (χ0) is 19.2. The number of aryl methyl sites for hydroxylation is 1. The Bertz CT molecular complexity index is 754. The van der Waals surface area contributed by atoms with Gasteiger partial charge in [-0.05, 0) is 37.6 Å². The number of hydrogen-bond donors (Lipinski definition) is 1. The number of anilines is 1. The molecular weight excluding hydrogens is 362 g/mol. The van der Waals surface area contributed by atoms with Crippen LogP contribution in [0.4, 0.5) is 5.82 Å². The van der Waals surface area contributed by atoms with E-state index in [1.54, 1.807) is 28.5 Å². The predicted octanol–water partition coefficient (Wildman–Crippen LogP) is 2.70. The van der Waals surface area contributed by atoms with Crippen LogP contribution < -0.4 is 4.90 Å². The molecule has 3 rings (SSSR count). The fraction of sp³-hybridized carbons (Fsp3) is 0.500. The van der Waals surface area contributed by atoms with Crippen LogP contribution in [0.25, 0.3) is 0 Å². The van der Waals surface area contributed by atoms with E-state index in [0.717, 1.165) is 18.0 Å². The van der Waals surface area contributed by atoms with Crippen molar-refractivity contribution in [3.05, 3.63) is 45.8 Å². The molecule has 1 N–H and O–H groups in total. The quantitative estimate of drug-likeness (QED) is 0.789. The van der Waals surface area contributed by atoms with Gasteiger partial charge >= 0.3 is 0 Å². The molecule has 146 valence electrons. The van der Waals surface area contributed by atoms with Crippen molar-refractivity contribution in [1.82, 2.24) is 9.88 Å². The summed E-state index contributed by atoms with van der Waals surface area (Å²) in [6.07, 6.45) is 2.41. The maximum atomic E-state index is 13.5. The van der Waals surface area contributed by atoms with E-state index in [1.807, 2.05) is 13.0 Å². The number of hydrogen-bond acceptors (Lipinski definition) is 6. The lowest BCUT2D eigenvalue weighted by atomic mass is 10.1. The van der Waals surface area contributed by atoms with Gasteiger partial charge in [0, 0.05) is 29.0 Å². The molecule has 1 fully saturated rings. The number of thiophene rings is 1. The zero-order valence-electron chi connectivity index (χ0n) is 15.9. The number of amides is 1. The van der Waals surface area contributed by atoms with Gasteiger partial charge in [-0.1, -0.05) is 6.92 Å². The SMILES string of the molecule is CC[C@H](CO)N(Cc1ccc(C)s1)C(=O)c1cccnc1N1CCOCC1. The highest BCUT2D eigenvalue weighted by atomic mass is 32.1. The first-order chi connectivity index (χ1) is 13.1. The van der Waals surface area contributed by atoms with Crippen LogP contribution in [0.5, 0.6) is 0 Å². The van der Waals surface area contributed by atoms with Gasteiger partial charge < -0.3 is 19.6 Å². The number of aliphatic hydroxyl groups excluding tert-OH is 1. The summed E-state index contributed by atoms with van der Waals surface area (Å²) in [7, 11) is 0. The lowest BCUT2D eigenvalue weighted by Gasteiger charge is -2.33. The highest BCUT2D eigenvalue weighted by molar-refractivity contribution is 7.11. The van der Waals surface area contributed by atoms with Crippen LogP contribution in [0.15, 0.2) is 30.5 Å². The molecule has 6 nitrogen and oxygen atoms in total. The van der Waals surface area contributed by atoms with Gasteiger partial charge in [0.15, 0.2) is 0 Å². The molecule has 0 unspecified atom stereocenters. The summed E-state index contributed by atoms with van der Waals surface area (Å²) in [5, 5.41) is 9.86. The number of aliphatic hydroxyl groups is 1. The van der Waals surface area contributed by atoms with E-state index in [2.05, 4.69) is 28.9 Å². The van der Waals surface area contributed by atoms with E-state index >= 15 is 0 Å². The Labute approximate surface area is 164 Å². The number of ether oxygens (including phenoxy) is 1. The van der Waals surface area contributed by atoms with E-state index < -0.39 is 0 Å². The monoisotopic (exact) mass is 389 g/mol. The Morgan fingerprint density at radius 2 is 2.15 bits per heavy atom. The predicted molar refractivity (Wildman–Crippen MR) is 107 cm³/mol. The van der Waals surface area contributed by atoms with E-state index in [4.69, 9.17) is 4.74 Å². The molecule has 0 aromatic carbocycles. The third-order valence-electron chi connectivity index (χ3n) is 4.83. The maximum Gasteiger partial charge on any atom is 0.258 e. The molecule has 1 saturated heterocycles. The Balaban J connectivity index is 1.91. The Morgan fingerprint density at radius 3 is 2.78 bits per heavy atom. The van der Waals surface area contributed by atoms with Crippen molar-refractivity contribution in [1.29, 1.82) is 0 Å². The number of pyridine rings is 1. The molecule has 2 aromatic heterocycles. The van der Waals surface area contributed by atoms with Crippen LogP contribution >= 0.6 is 11.3 Å². The summed E-state index contributed by atoms with van der Waals surface area (Å²) >= 11 is 1.68. The smallest absolute Gasteiger partial charge is 0.258 e. The average Bonchev–Trinajstić information content (AvgIpc) is 3.13. The van der Waals surface area contributed by atoms with E-state index in [-0.39, 0.29) is 18.6 Å². The van der Waals surface area contributed by atoms with Crippen LogP contribution in [-0.4, -0.2) is 59.8 Å². The molecule has 1 aliphatic rings. The van der Waals surface area contributed by atoms with Crippen LogP contribution in [0.2, 0.25) is 0 Å². The fourth-order valence-electron chi connectivity index (χ4n) is 3.30. The zero-order valence-corrected chi connectivity index (χ0v) is 16.7. The van der Waals surface area contributed by atoms with Gasteiger partial charge in [0.25, 0.3) is 5.91 Å². The normalized spacial score (nSPS) is 15.6. The Hall–Kier alpha value is -1.96. The number of carbonyl (C=O) groups excluding carboxylic acids is 1. The molecule has 1 aliphatic heterocycles. The molecule has 3 heterocycles. The minimum atomic E-state index is -0.224. The second kappa shape index (κ2) is 9.30. The highest BCUT2D eigenvalue weighted by Gasteiger charge is 2.28. The van der Waals surface area contributed by atoms with Crippen LogP contribution in [0.1, 0.15) is 33.5 Å². The molecule has 0 spiro atoms. The lowest BCUT2D eigenvalue weighted by Crippen LogP contribution is -2.43. The molecule has 1 amide bonds. The van der Waals surface area contributed by atoms with Crippen molar-refractivity contribution in [2.45, 2.75) is 32.9 Å². The molecule has 2 aromatic rings. The summed E-state index contributed by atoms with van der Waals surface area (Å²) in [5.41, 5.74) is 0.583. The Morgan fingerprint density at radius 1 is 1.37 bits per heavy atom. The first kappa shape index (κ1) is 19.8. The summed E-state index contributed by atoms with van der Waals surface area (Å²) in [6.45, 7) is 7.20. The van der Waals surface area contributed by atoms with E-state index in [9.17, 15) is 9.90 Å². The van der Waals surface area contributed by atoms with Crippen molar-refractivity contribution < 1.29 is 14.6 Å². The molecule has 0 saturated carbocycles. The van der Waals surface area contributed by atoms with Crippen LogP contribution in [0, 0.1) is 6.92 Å². The summed E-state index contributed by atoms with van der Waals surface area (Å²) in [4.78, 5) is 24.2. The second-order valence-electron chi connectivity index (χ2n) is 6.66. The van der Waals surface area contributed by atoms with Crippen molar-refractivity contribution in [3.63, 3.8) is 0 Å². The van der Waals surface area contributed by atoms with Crippen LogP contribution in [-0.2, 0) is 11.3 Å². The van der Waals surface area contributed by atoms with Crippen LogP contribution in [0.3, 0.4) is 0 Å². The third kappa shape index (κ3) is 4.66. The third-order valence-corrected chi connectivity index (χ3v) is 5.82. The molecule has 7 heteroatoms. The molecule has 27 heavy (non-hydrogen) atoms. The highest BCUT2D eigenvalue weighted by Crippen LogP contribution is 2.25. The number of nitrogens with zero attached hydrogens (tertiary/aromatic N) is 3. The minimum Gasteiger partial charge on any atom is -0.394 e. The topological polar surface area (TPSA) is 65.9 Å². The number of rotatable bonds is 7. The van der Waals surface area contributed by atoms with Crippen molar-refractivity contribution >= 4 is 23.1 Å². The van der Waals surface area contributed by atoms with Gasteiger partial charge in [-0.3, -0.25) is 4.79 Å². The van der Waals surface area contributed by atoms with Gasteiger partial charge in [-0.25, -0.2) is 4.98 Å². The number of aromatic nitrogens is 1. The number of carbonyl (C=O) groups is 1. The minimum absolute atomic E-state index is 0.0558. The van der Waals surface area contributed by atoms with Crippen molar-refractivity contribution in [2.75, 3.05) is 37.8 Å². The van der Waals surface area contributed by atoms with Gasteiger partial charge in [0.1, 0.15) is 5.82 Å². The van der Waals surface area contributed by atoms with Gasteiger partial charge in [-0.15, -0.1) is 11.3 Å². The molecular formula is C20H27N3O3S. The summed E-state index contributed by atoms with van der Waals surface area (Å²) < 4.78 is 5.43. The maximum absolute atomic E-state index is 13.5. The average molecular weight is 390 g/mol. The summed E-state index contributed by atoms with van der Waals surface area (Å²) in [5.74, 6) is 0.613. The lowest BCUT2D eigenvalue weighted by molar-refractivity contribution is 0.0566. The molecule has 0 radical (unpaired) electrons. The standard InChI is InChI=1S/C20H27N3O3S/c1-3-16(14-24)23(13-17-7-6-15(2)27-17)20(25)18-5-4-8-21-19(18)22-9-11-26-12-10-22/h4-8,16,24H,3,9-14H2,1-2H3/t16-/m1/s1. The Kier molecular flexibility index (Phi) is 6.82. The largest absolute Gasteiger partial charge is 0.394 e. The first-order valence-electron chi connectivity index (χ1n) is 9.39. The summed E-state index contributed by atoms with van der Waals surface area (Å²) in [6, 6.07) is 7.52. The first-order valence-corrected chi connectivity index (χ1v) is 10.2. The van der Waals surface area contributed by atoms with E-state index in [1.165, 1.54) is 4.88 Å². The van der Waals surface area contributed by atoms with Gasteiger partial charge in [0.2, 0.25) is 0 Å². The second-order valence-corrected chi connectivity index (χ2v) is 8.04.